The van der Waals surface area contributed by atoms with Gasteiger partial charge in [-0.3, -0.25) is 14.7 Å². The fourth-order valence-electron chi connectivity index (χ4n) is 3.53. The van der Waals surface area contributed by atoms with Gasteiger partial charge in [0.05, 0.1) is 5.41 Å². The van der Waals surface area contributed by atoms with Gasteiger partial charge in [0.1, 0.15) is 11.6 Å². The van der Waals surface area contributed by atoms with E-state index in [0.717, 1.165) is 24.6 Å². The summed E-state index contributed by atoms with van der Waals surface area (Å²) in [4.78, 5) is 18.1. The van der Waals surface area contributed by atoms with Gasteiger partial charge in [-0.1, -0.05) is 6.07 Å². The molecule has 25 heavy (non-hydrogen) atoms. The van der Waals surface area contributed by atoms with Crippen molar-refractivity contribution in [2.24, 2.45) is 5.41 Å². The van der Waals surface area contributed by atoms with Crippen LogP contribution in [0.5, 0.6) is 0 Å². The number of hydrogen-bond acceptors (Lipinski definition) is 3. The van der Waals surface area contributed by atoms with E-state index < -0.39 is 23.0 Å². The van der Waals surface area contributed by atoms with Crippen molar-refractivity contribution >= 4 is 5.97 Å². The fraction of sp³-hybridized carbons (Fsp3) is 0.368. The topological polar surface area (TPSA) is 53.4 Å². The summed E-state index contributed by atoms with van der Waals surface area (Å²) in [6.45, 7) is 1.76. The Morgan fingerprint density at radius 2 is 2.00 bits per heavy atom. The van der Waals surface area contributed by atoms with Crippen LogP contribution in [-0.2, 0) is 17.8 Å². The van der Waals surface area contributed by atoms with E-state index in [9.17, 15) is 18.7 Å². The van der Waals surface area contributed by atoms with Crippen LogP contribution < -0.4 is 0 Å². The number of piperidine rings is 1. The molecule has 1 N–H and O–H groups in total. The van der Waals surface area contributed by atoms with Crippen molar-refractivity contribution in [2.75, 3.05) is 13.1 Å². The highest BCUT2D eigenvalue weighted by molar-refractivity contribution is 5.75. The van der Waals surface area contributed by atoms with Crippen LogP contribution in [0.3, 0.4) is 0 Å². The number of halogens is 2. The number of benzene rings is 1. The Balaban J connectivity index is 1.80. The third-order valence-electron chi connectivity index (χ3n) is 4.81. The van der Waals surface area contributed by atoms with Gasteiger partial charge in [-0.15, -0.1) is 0 Å². The number of rotatable bonds is 5. The molecule has 2 aromatic rings. The zero-order valence-electron chi connectivity index (χ0n) is 13.8. The van der Waals surface area contributed by atoms with Crippen LogP contribution >= 0.6 is 0 Å². The first kappa shape index (κ1) is 17.5. The van der Waals surface area contributed by atoms with E-state index in [-0.39, 0.29) is 12.0 Å². The van der Waals surface area contributed by atoms with Crippen LogP contribution in [0.2, 0.25) is 0 Å². The van der Waals surface area contributed by atoms with Crippen molar-refractivity contribution in [3.63, 3.8) is 0 Å². The lowest BCUT2D eigenvalue weighted by molar-refractivity contribution is -0.152. The van der Waals surface area contributed by atoms with Gasteiger partial charge in [0.15, 0.2) is 0 Å². The molecule has 0 saturated carbocycles. The molecule has 1 aliphatic heterocycles. The predicted octanol–water partition coefficient (Wildman–Crippen LogP) is 3.27. The molecule has 1 atom stereocenters. The Hall–Kier alpha value is -2.34. The predicted molar refractivity (Wildman–Crippen MR) is 88.9 cm³/mol. The molecule has 0 radical (unpaired) electrons. The van der Waals surface area contributed by atoms with Gasteiger partial charge in [0, 0.05) is 31.5 Å². The normalized spacial score (nSPS) is 21.2. The second-order valence-electron chi connectivity index (χ2n) is 6.67. The molecule has 1 fully saturated rings. The van der Waals surface area contributed by atoms with Gasteiger partial charge >= 0.3 is 5.97 Å². The maximum Gasteiger partial charge on any atom is 0.311 e. The highest BCUT2D eigenvalue weighted by Crippen LogP contribution is 2.35. The van der Waals surface area contributed by atoms with Crippen molar-refractivity contribution in [3.05, 3.63) is 65.5 Å². The molecule has 0 spiro atoms. The van der Waals surface area contributed by atoms with Crippen LogP contribution in [0, 0.1) is 17.0 Å². The molecule has 2 heterocycles. The number of carboxylic acid groups (broad SMARTS) is 1. The molecular weight excluding hydrogens is 326 g/mol. The minimum atomic E-state index is -1.07. The monoisotopic (exact) mass is 346 g/mol. The number of aromatic nitrogens is 1. The molecule has 0 bridgehead atoms. The van der Waals surface area contributed by atoms with E-state index in [1.807, 2.05) is 12.1 Å². The van der Waals surface area contributed by atoms with Crippen molar-refractivity contribution in [2.45, 2.75) is 25.8 Å². The third-order valence-corrected chi connectivity index (χ3v) is 4.81. The minimum absolute atomic E-state index is 0.0568. The maximum absolute atomic E-state index is 14.0. The molecule has 6 heteroatoms. The highest BCUT2D eigenvalue weighted by atomic mass is 19.1. The lowest BCUT2D eigenvalue weighted by atomic mass is 9.75. The average Bonchev–Trinajstić information content (AvgIpc) is 2.58. The van der Waals surface area contributed by atoms with E-state index in [1.54, 1.807) is 12.4 Å². The van der Waals surface area contributed by atoms with Crippen LogP contribution in [0.25, 0.3) is 0 Å². The van der Waals surface area contributed by atoms with E-state index in [4.69, 9.17) is 0 Å². The summed E-state index contributed by atoms with van der Waals surface area (Å²) in [6, 6.07) is 7.12. The second-order valence-corrected chi connectivity index (χ2v) is 6.67. The van der Waals surface area contributed by atoms with Gasteiger partial charge in [-0.2, -0.15) is 0 Å². The first-order chi connectivity index (χ1) is 12.0. The van der Waals surface area contributed by atoms with E-state index in [0.29, 0.717) is 19.5 Å². The zero-order valence-corrected chi connectivity index (χ0v) is 13.8. The number of hydrogen-bond donors (Lipinski definition) is 1. The zero-order chi connectivity index (χ0) is 17.9. The van der Waals surface area contributed by atoms with Crippen molar-refractivity contribution in [1.82, 2.24) is 9.88 Å². The summed E-state index contributed by atoms with van der Waals surface area (Å²) in [6.07, 6.45) is 4.67. The minimum Gasteiger partial charge on any atom is -0.481 e. The van der Waals surface area contributed by atoms with Gasteiger partial charge in [0.2, 0.25) is 0 Å². The lowest BCUT2D eigenvalue weighted by Crippen LogP contribution is -2.48. The Bertz CT molecular complexity index is 754. The smallest absolute Gasteiger partial charge is 0.311 e. The average molecular weight is 346 g/mol. The Morgan fingerprint density at radius 1 is 1.24 bits per heavy atom. The third kappa shape index (κ3) is 4.02. The van der Waals surface area contributed by atoms with Crippen LogP contribution in [0.15, 0.2) is 42.7 Å². The first-order valence-electron chi connectivity index (χ1n) is 8.27. The summed E-state index contributed by atoms with van der Waals surface area (Å²) >= 11 is 0. The number of aliphatic carboxylic acids is 1. The molecular formula is C19H20F2N2O2. The molecule has 0 aliphatic carbocycles. The van der Waals surface area contributed by atoms with Gasteiger partial charge in [-0.05, 0) is 55.1 Å². The SMILES string of the molecule is O=C(O)C1(Cc2ccc(F)cc2F)CCCN(Cc2ccncc2)C1. The first-order valence-corrected chi connectivity index (χ1v) is 8.27. The standard InChI is InChI=1S/C19H20F2N2O2/c20-16-3-2-15(17(21)10-16)11-19(18(24)25)6-1-9-23(13-19)12-14-4-7-22-8-5-14/h2-5,7-8,10H,1,6,9,11-13H2,(H,24,25). The van der Waals surface area contributed by atoms with E-state index in [1.165, 1.54) is 12.1 Å². The molecule has 1 aromatic heterocycles. The number of likely N-dealkylation sites (tertiary alicyclic amines) is 1. The van der Waals surface area contributed by atoms with Crippen LogP contribution in [0.4, 0.5) is 8.78 Å². The summed E-state index contributed by atoms with van der Waals surface area (Å²) < 4.78 is 27.1. The summed E-state index contributed by atoms with van der Waals surface area (Å²) in [5, 5.41) is 9.85. The maximum atomic E-state index is 14.0. The van der Waals surface area contributed by atoms with Gasteiger partial charge in [0.25, 0.3) is 0 Å². The Kier molecular flexibility index (Phi) is 5.08. The van der Waals surface area contributed by atoms with Crippen LogP contribution in [-0.4, -0.2) is 34.0 Å². The Labute approximate surface area is 145 Å². The largest absolute Gasteiger partial charge is 0.481 e. The van der Waals surface area contributed by atoms with Crippen molar-refractivity contribution in [3.8, 4) is 0 Å². The second kappa shape index (κ2) is 7.27. The summed E-state index contributed by atoms with van der Waals surface area (Å²) in [5.41, 5.74) is 0.239. The molecule has 132 valence electrons. The fourth-order valence-corrected chi connectivity index (χ4v) is 3.53. The molecule has 1 saturated heterocycles. The van der Waals surface area contributed by atoms with E-state index >= 15 is 0 Å². The van der Waals surface area contributed by atoms with Crippen molar-refractivity contribution in [1.29, 1.82) is 0 Å². The number of pyridine rings is 1. The Morgan fingerprint density at radius 3 is 2.68 bits per heavy atom. The summed E-state index contributed by atoms with van der Waals surface area (Å²) in [5.74, 6) is -2.28. The molecule has 1 aliphatic rings. The van der Waals surface area contributed by atoms with E-state index in [2.05, 4.69) is 9.88 Å². The van der Waals surface area contributed by atoms with Crippen LogP contribution in [0.1, 0.15) is 24.0 Å². The summed E-state index contributed by atoms with van der Waals surface area (Å²) in [7, 11) is 0. The molecule has 0 amide bonds. The molecule has 4 nitrogen and oxygen atoms in total. The molecule has 1 aromatic carbocycles. The molecule has 3 rings (SSSR count). The number of carbonyl (C=O) groups is 1. The number of carboxylic acids is 1. The lowest BCUT2D eigenvalue weighted by Gasteiger charge is -2.40. The number of nitrogens with zero attached hydrogens (tertiary/aromatic N) is 2. The quantitative estimate of drug-likeness (QED) is 0.903. The highest BCUT2D eigenvalue weighted by Gasteiger charge is 2.42. The van der Waals surface area contributed by atoms with Crippen molar-refractivity contribution < 1.29 is 18.7 Å². The van der Waals surface area contributed by atoms with Gasteiger partial charge < -0.3 is 5.11 Å². The molecule has 1 unspecified atom stereocenters. The van der Waals surface area contributed by atoms with Gasteiger partial charge in [-0.25, -0.2) is 8.78 Å².